The molecule has 1 unspecified atom stereocenters. The summed E-state index contributed by atoms with van der Waals surface area (Å²) in [5.41, 5.74) is 4.68. The van der Waals surface area contributed by atoms with Crippen LogP contribution in [0.25, 0.3) is 0 Å². The van der Waals surface area contributed by atoms with E-state index < -0.39 is 11.9 Å². The van der Waals surface area contributed by atoms with Gasteiger partial charge in [-0.25, -0.2) is 4.79 Å². The predicted octanol–water partition coefficient (Wildman–Crippen LogP) is -0.0352. The van der Waals surface area contributed by atoms with Gasteiger partial charge in [-0.3, -0.25) is 20.4 Å². The van der Waals surface area contributed by atoms with Crippen molar-refractivity contribution in [3.8, 4) is 0 Å². The van der Waals surface area contributed by atoms with Crippen LogP contribution in [0, 0.1) is 11.3 Å². The van der Waals surface area contributed by atoms with Gasteiger partial charge in [0, 0.05) is 18.1 Å². The Morgan fingerprint density at radius 1 is 1.18 bits per heavy atom. The molecule has 0 aromatic heterocycles. The van der Waals surface area contributed by atoms with E-state index in [4.69, 9.17) is 5.11 Å². The van der Waals surface area contributed by atoms with Gasteiger partial charge in [0.25, 0.3) is 5.91 Å². The molecule has 3 N–H and O–H groups in total. The average molecular weight is 238 g/mol. The predicted molar refractivity (Wildman–Crippen MR) is 57.5 cm³/mol. The average Bonchev–Trinajstić information content (AvgIpc) is 2.98. The Morgan fingerprint density at radius 3 is 2.35 bits per heavy atom. The van der Waals surface area contributed by atoms with Gasteiger partial charge < -0.3 is 5.11 Å². The molecule has 2 rings (SSSR count). The third-order valence-electron chi connectivity index (χ3n) is 3.54. The van der Waals surface area contributed by atoms with Gasteiger partial charge in [0.15, 0.2) is 0 Å². The Balaban J connectivity index is 1.70. The fourth-order valence-electron chi connectivity index (χ4n) is 2.30. The van der Waals surface area contributed by atoms with E-state index in [2.05, 4.69) is 10.9 Å². The molecule has 2 aliphatic carbocycles. The maximum absolute atomic E-state index is 11.6. The number of hydrogen-bond acceptors (Lipinski definition) is 3. The van der Waals surface area contributed by atoms with Crippen molar-refractivity contribution in [2.45, 2.75) is 25.7 Å². The Labute approximate surface area is 98.0 Å². The van der Waals surface area contributed by atoms with Crippen molar-refractivity contribution in [2.75, 3.05) is 0 Å². The summed E-state index contributed by atoms with van der Waals surface area (Å²) in [5, 5.41) is 8.29. The van der Waals surface area contributed by atoms with Crippen LogP contribution >= 0.6 is 0 Å². The minimum Gasteiger partial charge on any atom is -0.478 e. The molecule has 6 nitrogen and oxygen atoms in total. The van der Waals surface area contributed by atoms with Crippen LogP contribution in [0.2, 0.25) is 0 Å². The van der Waals surface area contributed by atoms with Gasteiger partial charge in [-0.05, 0) is 24.7 Å². The Kier molecular flexibility index (Phi) is 2.87. The van der Waals surface area contributed by atoms with Gasteiger partial charge in [-0.2, -0.15) is 0 Å². The third-order valence-corrected chi connectivity index (χ3v) is 3.54. The maximum atomic E-state index is 11.6. The molecule has 92 valence electrons. The monoisotopic (exact) mass is 238 g/mol. The van der Waals surface area contributed by atoms with Crippen LogP contribution in [0.15, 0.2) is 12.2 Å². The van der Waals surface area contributed by atoms with Crippen molar-refractivity contribution in [2.24, 2.45) is 11.3 Å². The first-order valence-corrected chi connectivity index (χ1v) is 5.54. The lowest BCUT2D eigenvalue weighted by Gasteiger charge is -2.26. The van der Waals surface area contributed by atoms with E-state index in [0.29, 0.717) is 6.08 Å². The van der Waals surface area contributed by atoms with E-state index in [1.54, 1.807) is 0 Å². The zero-order chi connectivity index (χ0) is 12.5. The van der Waals surface area contributed by atoms with Crippen molar-refractivity contribution in [3.63, 3.8) is 0 Å². The normalized spacial score (nSPS) is 24.1. The minimum atomic E-state index is -1.21. The van der Waals surface area contributed by atoms with Crippen LogP contribution in [-0.4, -0.2) is 22.9 Å². The molecule has 2 aliphatic rings. The summed E-state index contributed by atoms with van der Waals surface area (Å²) in [7, 11) is 0. The lowest BCUT2D eigenvalue weighted by molar-refractivity contribution is -0.131. The smallest absolute Gasteiger partial charge is 0.328 e. The third kappa shape index (κ3) is 2.46. The summed E-state index contributed by atoms with van der Waals surface area (Å²) in [5.74, 6) is -2.02. The molecule has 2 saturated carbocycles. The molecule has 0 heterocycles. The molecule has 2 amide bonds. The summed E-state index contributed by atoms with van der Waals surface area (Å²) in [6.45, 7) is 0. The molecule has 1 spiro atoms. The van der Waals surface area contributed by atoms with Crippen LogP contribution in [0.3, 0.4) is 0 Å². The van der Waals surface area contributed by atoms with Crippen LogP contribution in [0.5, 0.6) is 0 Å². The summed E-state index contributed by atoms with van der Waals surface area (Å²) in [6.07, 6.45) is 5.84. The highest BCUT2D eigenvalue weighted by Gasteiger charge is 2.60. The number of hydrogen-bond donors (Lipinski definition) is 3. The molecule has 0 aliphatic heterocycles. The molecule has 1 atom stereocenters. The Hall–Kier alpha value is -1.85. The van der Waals surface area contributed by atoms with Gasteiger partial charge in [-0.1, -0.05) is 6.42 Å². The molecule has 0 aromatic carbocycles. The number of carboxylic acids is 1. The SMILES string of the molecule is O=C(O)/C=C\C(=O)NNC(=O)C1CC12CCC2. The fraction of sp³-hybridized carbons (Fsp3) is 0.545. The molecule has 0 bridgehead atoms. The molecule has 2 fully saturated rings. The lowest BCUT2D eigenvalue weighted by Crippen LogP contribution is -2.42. The summed E-state index contributed by atoms with van der Waals surface area (Å²) in [6, 6.07) is 0. The number of carbonyl (C=O) groups excluding carboxylic acids is 2. The fourth-order valence-corrected chi connectivity index (χ4v) is 2.30. The topological polar surface area (TPSA) is 95.5 Å². The van der Waals surface area contributed by atoms with Crippen molar-refractivity contribution in [3.05, 3.63) is 12.2 Å². The van der Waals surface area contributed by atoms with E-state index >= 15 is 0 Å². The highest BCUT2D eigenvalue weighted by Crippen LogP contribution is 2.65. The van der Waals surface area contributed by atoms with E-state index in [0.717, 1.165) is 25.3 Å². The van der Waals surface area contributed by atoms with Crippen LogP contribution in [0.4, 0.5) is 0 Å². The second kappa shape index (κ2) is 4.20. The van der Waals surface area contributed by atoms with Crippen molar-refractivity contribution >= 4 is 17.8 Å². The van der Waals surface area contributed by atoms with E-state index in [1.165, 1.54) is 6.42 Å². The Bertz CT molecular complexity index is 398. The zero-order valence-electron chi connectivity index (χ0n) is 9.23. The van der Waals surface area contributed by atoms with Gasteiger partial charge in [0.1, 0.15) is 0 Å². The van der Waals surface area contributed by atoms with E-state index in [9.17, 15) is 14.4 Å². The highest BCUT2D eigenvalue weighted by atomic mass is 16.4. The first-order valence-electron chi connectivity index (χ1n) is 5.54. The number of rotatable bonds is 3. The Morgan fingerprint density at radius 2 is 1.88 bits per heavy atom. The summed E-state index contributed by atoms with van der Waals surface area (Å²) >= 11 is 0. The number of aliphatic carboxylic acids is 1. The molecule has 0 saturated heterocycles. The molecular formula is C11H14N2O4. The quantitative estimate of drug-likeness (QED) is 0.475. The lowest BCUT2D eigenvalue weighted by atomic mass is 9.80. The first kappa shape index (κ1) is 11.6. The van der Waals surface area contributed by atoms with Gasteiger partial charge in [0.05, 0.1) is 0 Å². The van der Waals surface area contributed by atoms with Crippen LogP contribution in [0.1, 0.15) is 25.7 Å². The van der Waals surface area contributed by atoms with E-state index in [1.807, 2.05) is 0 Å². The zero-order valence-corrected chi connectivity index (χ0v) is 9.23. The number of nitrogens with one attached hydrogen (secondary N) is 2. The molecular weight excluding hydrogens is 224 g/mol. The summed E-state index contributed by atoms with van der Waals surface area (Å²) < 4.78 is 0. The maximum Gasteiger partial charge on any atom is 0.328 e. The summed E-state index contributed by atoms with van der Waals surface area (Å²) in [4.78, 5) is 32.8. The number of amides is 2. The van der Waals surface area contributed by atoms with Crippen molar-refractivity contribution in [1.82, 2.24) is 10.9 Å². The number of carboxylic acid groups (broad SMARTS) is 1. The van der Waals surface area contributed by atoms with Gasteiger partial charge in [-0.15, -0.1) is 0 Å². The van der Waals surface area contributed by atoms with E-state index in [-0.39, 0.29) is 17.2 Å². The first-order chi connectivity index (χ1) is 8.03. The van der Waals surface area contributed by atoms with Crippen LogP contribution in [-0.2, 0) is 14.4 Å². The second-order valence-corrected chi connectivity index (χ2v) is 4.62. The standard InChI is InChI=1S/C11H14N2O4/c14-8(2-3-9(15)16)12-13-10(17)7-6-11(7)4-1-5-11/h2-3,7H,1,4-6H2,(H,12,14)(H,13,17)(H,15,16)/b3-2-. The minimum absolute atomic E-state index is 0.0139. The van der Waals surface area contributed by atoms with Crippen LogP contribution < -0.4 is 10.9 Å². The second-order valence-electron chi connectivity index (χ2n) is 4.62. The van der Waals surface area contributed by atoms with Gasteiger partial charge in [0.2, 0.25) is 5.91 Å². The largest absolute Gasteiger partial charge is 0.478 e. The number of carbonyl (C=O) groups is 3. The molecule has 0 radical (unpaired) electrons. The number of hydrazine groups is 1. The van der Waals surface area contributed by atoms with Crippen molar-refractivity contribution < 1.29 is 19.5 Å². The molecule has 6 heteroatoms. The van der Waals surface area contributed by atoms with Crippen molar-refractivity contribution in [1.29, 1.82) is 0 Å². The molecule has 17 heavy (non-hydrogen) atoms. The molecule has 0 aromatic rings. The highest BCUT2D eigenvalue weighted by molar-refractivity contribution is 5.95. The van der Waals surface area contributed by atoms with Gasteiger partial charge >= 0.3 is 5.97 Å².